The Morgan fingerprint density at radius 1 is 1.23 bits per heavy atom. The number of nitrogens with two attached hydrogens (primary N) is 1. The van der Waals surface area contributed by atoms with Crippen LogP contribution in [0.1, 0.15) is 48.0 Å². The fourth-order valence-corrected chi connectivity index (χ4v) is 3.55. The highest BCUT2D eigenvalue weighted by Gasteiger charge is 2.37. The SMILES string of the molecule is CN(C)c1ccnc(NC2(c3ccc(C(N)=O)cc3F)CCCCC2)n1. The van der Waals surface area contributed by atoms with E-state index in [4.69, 9.17) is 5.73 Å². The van der Waals surface area contributed by atoms with Crippen LogP contribution in [0.5, 0.6) is 0 Å². The average Bonchev–Trinajstić information content (AvgIpc) is 2.62. The number of amides is 1. The van der Waals surface area contributed by atoms with Crippen LogP contribution in [-0.4, -0.2) is 30.0 Å². The van der Waals surface area contributed by atoms with E-state index in [0.29, 0.717) is 11.5 Å². The molecule has 0 atom stereocenters. The predicted octanol–water partition coefficient (Wildman–Crippen LogP) is 3.05. The van der Waals surface area contributed by atoms with Crippen molar-refractivity contribution in [3.63, 3.8) is 0 Å². The molecule has 7 heteroatoms. The highest BCUT2D eigenvalue weighted by atomic mass is 19.1. The van der Waals surface area contributed by atoms with E-state index < -0.39 is 17.3 Å². The summed E-state index contributed by atoms with van der Waals surface area (Å²) in [6.07, 6.45) is 6.32. The Hall–Kier alpha value is -2.70. The van der Waals surface area contributed by atoms with Gasteiger partial charge in [-0.15, -0.1) is 0 Å². The second kappa shape index (κ2) is 7.27. The van der Waals surface area contributed by atoms with Gasteiger partial charge >= 0.3 is 0 Å². The van der Waals surface area contributed by atoms with Crippen LogP contribution < -0.4 is 16.0 Å². The third-order valence-electron chi connectivity index (χ3n) is 4.93. The van der Waals surface area contributed by atoms with Gasteiger partial charge in [-0.2, -0.15) is 4.98 Å². The summed E-state index contributed by atoms with van der Waals surface area (Å²) in [5.41, 5.74) is 5.37. The van der Waals surface area contributed by atoms with E-state index in [-0.39, 0.29) is 5.56 Å². The first kappa shape index (κ1) is 18.1. The number of hydrogen-bond acceptors (Lipinski definition) is 5. The molecule has 1 aromatic carbocycles. The summed E-state index contributed by atoms with van der Waals surface area (Å²) in [4.78, 5) is 22.1. The lowest BCUT2D eigenvalue weighted by molar-refractivity contribution is 0.0999. The van der Waals surface area contributed by atoms with Gasteiger partial charge in [-0.1, -0.05) is 25.3 Å². The average molecular weight is 357 g/mol. The first-order valence-corrected chi connectivity index (χ1v) is 8.80. The zero-order chi connectivity index (χ0) is 18.7. The third-order valence-corrected chi connectivity index (χ3v) is 4.93. The van der Waals surface area contributed by atoms with Crippen molar-refractivity contribution in [1.29, 1.82) is 0 Å². The molecule has 2 aromatic rings. The summed E-state index contributed by atoms with van der Waals surface area (Å²) >= 11 is 0. The monoisotopic (exact) mass is 357 g/mol. The van der Waals surface area contributed by atoms with Crippen molar-refractivity contribution in [2.45, 2.75) is 37.6 Å². The molecule has 1 amide bonds. The molecule has 1 heterocycles. The number of rotatable bonds is 5. The summed E-state index contributed by atoms with van der Waals surface area (Å²) in [7, 11) is 3.81. The van der Waals surface area contributed by atoms with Crippen LogP contribution in [0.2, 0.25) is 0 Å². The quantitative estimate of drug-likeness (QED) is 0.859. The summed E-state index contributed by atoms with van der Waals surface area (Å²) in [5, 5.41) is 3.39. The fourth-order valence-electron chi connectivity index (χ4n) is 3.55. The number of aromatic nitrogens is 2. The van der Waals surface area contributed by atoms with E-state index in [0.717, 1.165) is 37.9 Å². The molecule has 0 unspecified atom stereocenters. The second-order valence-electron chi connectivity index (χ2n) is 6.96. The second-order valence-corrected chi connectivity index (χ2v) is 6.96. The van der Waals surface area contributed by atoms with E-state index >= 15 is 0 Å². The number of halogens is 1. The largest absolute Gasteiger partial charge is 0.366 e. The first-order valence-electron chi connectivity index (χ1n) is 8.80. The molecule has 1 aliphatic carbocycles. The third kappa shape index (κ3) is 3.61. The van der Waals surface area contributed by atoms with Crippen molar-refractivity contribution in [1.82, 2.24) is 9.97 Å². The number of nitrogens with zero attached hydrogens (tertiary/aromatic N) is 3. The molecule has 138 valence electrons. The Morgan fingerprint density at radius 2 is 1.96 bits per heavy atom. The van der Waals surface area contributed by atoms with Gasteiger partial charge in [0.05, 0.1) is 5.54 Å². The molecule has 0 radical (unpaired) electrons. The molecule has 0 saturated heterocycles. The summed E-state index contributed by atoms with van der Waals surface area (Å²) in [6, 6.07) is 6.27. The Morgan fingerprint density at radius 3 is 2.58 bits per heavy atom. The Labute approximate surface area is 152 Å². The normalized spacial score (nSPS) is 16.1. The molecule has 3 N–H and O–H groups in total. The van der Waals surface area contributed by atoms with E-state index in [9.17, 15) is 9.18 Å². The van der Waals surface area contributed by atoms with Crippen LogP contribution in [-0.2, 0) is 5.54 Å². The van der Waals surface area contributed by atoms with Crippen LogP contribution in [0.25, 0.3) is 0 Å². The minimum atomic E-state index is -0.636. The smallest absolute Gasteiger partial charge is 0.248 e. The number of nitrogens with one attached hydrogen (secondary N) is 1. The van der Waals surface area contributed by atoms with Crippen LogP contribution in [0, 0.1) is 5.82 Å². The number of carbonyl (C=O) groups excluding carboxylic acids is 1. The number of carbonyl (C=O) groups is 1. The van der Waals surface area contributed by atoms with Gasteiger partial charge in [-0.3, -0.25) is 4.79 Å². The first-order chi connectivity index (χ1) is 12.4. The maximum absolute atomic E-state index is 14.9. The lowest BCUT2D eigenvalue weighted by atomic mass is 9.76. The van der Waals surface area contributed by atoms with Gasteiger partial charge in [0.2, 0.25) is 11.9 Å². The maximum Gasteiger partial charge on any atom is 0.248 e. The highest BCUT2D eigenvalue weighted by Crippen LogP contribution is 2.40. The van der Waals surface area contributed by atoms with Crippen molar-refractivity contribution < 1.29 is 9.18 Å². The van der Waals surface area contributed by atoms with Crippen molar-refractivity contribution in [3.8, 4) is 0 Å². The number of hydrogen-bond donors (Lipinski definition) is 2. The molecule has 1 aliphatic rings. The molecular weight excluding hydrogens is 333 g/mol. The van der Waals surface area contributed by atoms with Gasteiger partial charge < -0.3 is 16.0 Å². The van der Waals surface area contributed by atoms with Crippen LogP contribution in [0.15, 0.2) is 30.5 Å². The standard InChI is InChI=1S/C19H24FN5O/c1-25(2)16-8-11-22-18(23-16)24-19(9-4-3-5-10-19)14-7-6-13(17(21)26)12-15(14)20/h6-8,11-12H,3-5,9-10H2,1-2H3,(H2,21,26)(H,22,23,24). The van der Waals surface area contributed by atoms with Crippen LogP contribution in [0.4, 0.5) is 16.2 Å². The molecule has 1 aromatic heterocycles. The fraction of sp³-hybridized carbons (Fsp3) is 0.421. The zero-order valence-corrected chi connectivity index (χ0v) is 15.1. The molecule has 26 heavy (non-hydrogen) atoms. The van der Waals surface area contributed by atoms with Crippen molar-refractivity contribution in [2.24, 2.45) is 5.73 Å². The Kier molecular flexibility index (Phi) is 5.06. The van der Waals surface area contributed by atoms with Crippen molar-refractivity contribution in [2.75, 3.05) is 24.3 Å². The summed E-state index contributed by atoms with van der Waals surface area (Å²) in [6.45, 7) is 0. The lowest BCUT2D eigenvalue weighted by Gasteiger charge is -2.39. The van der Waals surface area contributed by atoms with E-state index in [2.05, 4.69) is 15.3 Å². The molecule has 0 bridgehead atoms. The highest BCUT2D eigenvalue weighted by molar-refractivity contribution is 5.92. The van der Waals surface area contributed by atoms with E-state index in [1.807, 2.05) is 25.1 Å². The van der Waals surface area contributed by atoms with Crippen LogP contribution in [0.3, 0.4) is 0 Å². The number of primary amides is 1. The number of benzene rings is 1. The van der Waals surface area contributed by atoms with Gasteiger partial charge in [-0.05, 0) is 31.0 Å². The topological polar surface area (TPSA) is 84.1 Å². The minimum Gasteiger partial charge on any atom is -0.366 e. The van der Waals surface area contributed by atoms with E-state index in [1.165, 1.54) is 6.07 Å². The van der Waals surface area contributed by atoms with Gasteiger partial charge in [0.1, 0.15) is 11.6 Å². The van der Waals surface area contributed by atoms with Crippen molar-refractivity contribution in [3.05, 3.63) is 47.4 Å². The minimum absolute atomic E-state index is 0.170. The zero-order valence-electron chi connectivity index (χ0n) is 15.1. The van der Waals surface area contributed by atoms with Gasteiger partial charge in [0.25, 0.3) is 0 Å². The molecular formula is C19H24FN5O. The van der Waals surface area contributed by atoms with Crippen LogP contribution >= 0.6 is 0 Å². The van der Waals surface area contributed by atoms with Gasteiger partial charge in [0.15, 0.2) is 0 Å². The van der Waals surface area contributed by atoms with Gasteiger partial charge in [0, 0.05) is 31.4 Å². The molecule has 6 nitrogen and oxygen atoms in total. The summed E-state index contributed by atoms with van der Waals surface area (Å²) in [5.74, 6) is 0.178. The molecule has 1 saturated carbocycles. The summed E-state index contributed by atoms with van der Waals surface area (Å²) < 4.78 is 14.9. The Bertz CT molecular complexity index is 802. The van der Waals surface area contributed by atoms with Crippen molar-refractivity contribution >= 4 is 17.7 Å². The van der Waals surface area contributed by atoms with E-state index in [1.54, 1.807) is 18.3 Å². The number of anilines is 2. The Balaban J connectivity index is 2.00. The predicted molar refractivity (Wildman–Crippen MR) is 99.7 cm³/mol. The lowest BCUT2D eigenvalue weighted by Crippen LogP contribution is -2.39. The molecule has 0 spiro atoms. The molecule has 1 fully saturated rings. The molecule has 0 aliphatic heterocycles. The van der Waals surface area contributed by atoms with Gasteiger partial charge in [-0.25, -0.2) is 9.37 Å². The molecule has 3 rings (SSSR count). The maximum atomic E-state index is 14.9.